The third-order valence-electron chi connectivity index (χ3n) is 3.29. The highest BCUT2D eigenvalue weighted by Crippen LogP contribution is 2.26. The largest absolute Gasteiger partial charge is 0.494 e. The van der Waals surface area contributed by atoms with Crippen molar-refractivity contribution in [1.82, 2.24) is 0 Å². The maximum atomic E-state index is 10.1. The van der Waals surface area contributed by atoms with Crippen LogP contribution in [-0.2, 0) is 0 Å². The van der Waals surface area contributed by atoms with Crippen LogP contribution in [0, 0.1) is 5.92 Å². The number of aliphatic hydroxyl groups excluding tert-OH is 1. The Bertz CT molecular complexity index is 301. The van der Waals surface area contributed by atoms with E-state index in [-0.39, 0.29) is 6.10 Å². The Labute approximate surface area is 105 Å². The van der Waals surface area contributed by atoms with E-state index >= 15 is 0 Å². The number of ether oxygens (including phenoxy) is 1. The van der Waals surface area contributed by atoms with Crippen molar-refractivity contribution >= 4 is 0 Å². The minimum Gasteiger partial charge on any atom is -0.494 e. The fourth-order valence-electron chi connectivity index (χ4n) is 2.03. The molecule has 0 aliphatic heterocycles. The fourth-order valence-corrected chi connectivity index (χ4v) is 2.03. The first-order valence-corrected chi connectivity index (χ1v) is 6.62. The Morgan fingerprint density at radius 3 is 2.12 bits per heavy atom. The van der Waals surface area contributed by atoms with Gasteiger partial charge in [-0.3, -0.25) is 0 Å². The minimum absolute atomic E-state index is 0.351. The predicted molar refractivity (Wildman–Crippen MR) is 71.3 cm³/mol. The second-order valence-electron chi connectivity index (χ2n) is 4.44. The lowest BCUT2D eigenvalue weighted by molar-refractivity contribution is 0.141. The normalized spacial score (nSPS) is 12.8. The van der Waals surface area contributed by atoms with Crippen LogP contribution in [0.1, 0.15) is 51.7 Å². The summed E-state index contributed by atoms with van der Waals surface area (Å²) in [6.45, 7) is 7.00. The van der Waals surface area contributed by atoms with Gasteiger partial charge in [0.15, 0.2) is 0 Å². The third kappa shape index (κ3) is 4.39. The van der Waals surface area contributed by atoms with Crippen LogP contribution < -0.4 is 4.74 Å². The first-order valence-electron chi connectivity index (χ1n) is 6.62. The van der Waals surface area contributed by atoms with E-state index in [0.29, 0.717) is 12.5 Å². The van der Waals surface area contributed by atoms with Gasteiger partial charge in [0, 0.05) is 0 Å². The van der Waals surface area contributed by atoms with E-state index in [4.69, 9.17) is 4.74 Å². The molecule has 0 saturated carbocycles. The highest BCUT2D eigenvalue weighted by atomic mass is 16.5. The molecule has 96 valence electrons. The van der Waals surface area contributed by atoms with Crippen molar-refractivity contribution in [3.63, 3.8) is 0 Å². The molecule has 17 heavy (non-hydrogen) atoms. The summed E-state index contributed by atoms with van der Waals surface area (Å²) in [7, 11) is 0. The van der Waals surface area contributed by atoms with Gasteiger partial charge in [-0.25, -0.2) is 0 Å². The van der Waals surface area contributed by atoms with E-state index in [2.05, 4.69) is 13.8 Å². The van der Waals surface area contributed by atoms with Crippen molar-refractivity contribution in [3.8, 4) is 5.75 Å². The molecule has 0 radical (unpaired) electrons. The van der Waals surface area contributed by atoms with Gasteiger partial charge in [0.1, 0.15) is 5.75 Å². The predicted octanol–water partition coefficient (Wildman–Crippen LogP) is 3.95. The molecule has 0 aromatic heterocycles. The van der Waals surface area contributed by atoms with Crippen LogP contribution in [0.4, 0.5) is 0 Å². The summed E-state index contributed by atoms with van der Waals surface area (Å²) in [4.78, 5) is 0. The smallest absolute Gasteiger partial charge is 0.119 e. The molecule has 1 rings (SSSR count). The molecular formula is C15H24O2. The van der Waals surface area contributed by atoms with Crippen LogP contribution in [0.3, 0.4) is 0 Å². The molecule has 0 heterocycles. The number of aliphatic hydroxyl groups is 1. The molecule has 2 nitrogen and oxygen atoms in total. The molecule has 2 heteroatoms. The summed E-state index contributed by atoms with van der Waals surface area (Å²) in [6, 6.07) is 7.76. The van der Waals surface area contributed by atoms with Crippen molar-refractivity contribution in [3.05, 3.63) is 29.8 Å². The van der Waals surface area contributed by atoms with Gasteiger partial charge in [0.25, 0.3) is 0 Å². The molecular weight excluding hydrogens is 212 g/mol. The summed E-state index contributed by atoms with van der Waals surface area (Å²) in [6.07, 6.45) is 2.76. The Kier molecular flexibility index (Phi) is 6.06. The molecule has 0 saturated heterocycles. The zero-order valence-corrected chi connectivity index (χ0v) is 11.1. The van der Waals surface area contributed by atoms with Crippen molar-refractivity contribution in [1.29, 1.82) is 0 Å². The summed E-state index contributed by atoms with van der Waals surface area (Å²) < 4.78 is 5.38. The van der Waals surface area contributed by atoms with Gasteiger partial charge in [-0.2, -0.15) is 0 Å². The molecule has 1 N–H and O–H groups in total. The first kappa shape index (κ1) is 14.0. The van der Waals surface area contributed by atoms with Crippen LogP contribution in [-0.4, -0.2) is 11.7 Å². The van der Waals surface area contributed by atoms with Gasteiger partial charge in [-0.05, 0) is 37.0 Å². The molecule has 0 fully saturated rings. The van der Waals surface area contributed by atoms with Crippen molar-refractivity contribution in [2.24, 2.45) is 5.92 Å². The lowest BCUT2D eigenvalue weighted by Crippen LogP contribution is -2.06. The van der Waals surface area contributed by atoms with E-state index in [0.717, 1.165) is 30.6 Å². The van der Waals surface area contributed by atoms with Gasteiger partial charge in [-0.1, -0.05) is 38.8 Å². The highest BCUT2D eigenvalue weighted by molar-refractivity contribution is 5.28. The molecule has 0 amide bonds. The van der Waals surface area contributed by atoms with Crippen LogP contribution in [0.25, 0.3) is 0 Å². The molecule has 0 bridgehead atoms. The number of hydrogen-bond donors (Lipinski definition) is 1. The molecule has 1 aromatic rings. The monoisotopic (exact) mass is 236 g/mol. The maximum absolute atomic E-state index is 10.1. The number of benzene rings is 1. The SMILES string of the molecule is CCOc1ccc(C(O)CC(CC)CC)cc1. The topological polar surface area (TPSA) is 29.5 Å². The quantitative estimate of drug-likeness (QED) is 0.777. The van der Waals surface area contributed by atoms with Crippen LogP contribution in [0.5, 0.6) is 5.75 Å². The fraction of sp³-hybridized carbons (Fsp3) is 0.600. The van der Waals surface area contributed by atoms with Crippen LogP contribution >= 0.6 is 0 Å². The average molecular weight is 236 g/mol. The van der Waals surface area contributed by atoms with E-state index in [1.165, 1.54) is 0 Å². The molecule has 1 atom stereocenters. The molecule has 0 aliphatic carbocycles. The Balaban J connectivity index is 2.59. The lowest BCUT2D eigenvalue weighted by atomic mass is 9.93. The maximum Gasteiger partial charge on any atom is 0.119 e. The van der Waals surface area contributed by atoms with Crippen molar-refractivity contribution in [2.45, 2.75) is 46.1 Å². The summed E-state index contributed by atoms with van der Waals surface area (Å²) >= 11 is 0. The Hall–Kier alpha value is -1.02. The second kappa shape index (κ2) is 7.33. The average Bonchev–Trinajstić information content (AvgIpc) is 2.37. The van der Waals surface area contributed by atoms with E-state index in [9.17, 15) is 5.11 Å². The molecule has 0 aliphatic rings. The Morgan fingerprint density at radius 1 is 1.06 bits per heavy atom. The van der Waals surface area contributed by atoms with Crippen molar-refractivity contribution < 1.29 is 9.84 Å². The first-order chi connectivity index (χ1) is 8.21. The third-order valence-corrected chi connectivity index (χ3v) is 3.29. The summed E-state index contributed by atoms with van der Waals surface area (Å²) in [5, 5.41) is 10.1. The van der Waals surface area contributed by atoms with Gasteiger partial charge in [-0.15, -0.1) is 0 Å². The molecule has 0 spiro atoms. The van der Waals surface area contributed by atoms with Gasteiger partial charge >= 0.3 is 0 Å². The lowest BCUT2D eigenvalue weighted by Gasteiger charge is -2.17. The van der Waals surface area contributed by atoms with Gasteiger partial charge in [0.2, 0.25) is 0 Å². The minimum atomic E-state index is -0.351. The zero-order chi connectivity index (χ0) is 12.7. The van der Waals surface area contributed by atoms with Crippen LogP contribution in [0.15, 0.2) is 24.3 Å². The zero-order valence-electron chi connectivity index (χ0n) is 11.1. The standard InChI is InChI=1S/C15H24O2/c1-4-12(5-2)11-15(16)13-7-9-14(10-8-13)17-6-3/h7-10,12,15-16H,4-6,11H2,1-3H3. The number of hydrogen-bond acceptors (Lipinski definition) is 2. The summed E-state index contributed by atoms with van der Waals surface area (Å²) in [5.41, 5.74) is 0.986. The molecule has 1 aromatic carbocycles. The van der Waals surface area contributed by atoms with E-state index in [1.807, 2.05) is 31.2 Å². The van der Waals surface area contributed by atoms with Gasteiger partial charge in [0.05, 0.1) is 12.7 Å². The highest BCUT2D eigenvalue weighted by Gasteiger charge is 2.13. The Morgan fingerprint density at radius 2 is 1.65 bits per heavy atom. The van der Waals surface area contributed by atoms with E-state index in [1.54, 1.807) is 0 Å². The van der Waals surface area contributed by atoms with Crippen LogP contribution in [0.2, 0.25) is 0 Å². The molecule has 1 unspecified atom stereocenters. The van der Waals surface area contributed by atoms with E-state index < -0.39 is 0 Å². The van der Waals surface area contributed by atoms with Crippen molar-refractivity contribution in [2.75, 3.05) is 6.61 Å². The summed E-state index contributed by atoms with van der Waals surface area (Å²) in [5.74, 6) is 1.47. The number of rotatable bonds is 7. The second-order valence-corrected chi connectivity index (χ2v) is 4.44. The van der Waals surface area contributed by atoms with Gasteiger partial charge < -0.3 is 9.84 Å².